The molecule has 0 radical (unpaired) electrons. The highest BCUT2D eigenvalue weighted by molar-refractivity contribution is 5.88. The van der Waals surface area contributed by atoms with Crippen molar-refractivity contribution in [2.45, 2.75) is 33.2 Å². The molecule has 0 bridgehead atoms. The highest BCUT2D eigenvalue weighted by Crippen LogP contribution is 2.21. The Morgan fingerprint density at radius 1 is 1.19 bits per heavy atom. The lowest BCUT2D eigenvalue weighted by atomic mass is 9.91. The highest BCUT2D eigenvalue weighted by atomic mass is 19.2. The van der Waals surface area contributed by atoms with Gasteiger partial charge in [-0.2, -0.15) is 0 Å². The van der Waals surface area contributed by atoms with E-state index in [0.29, 0.717) is 0 Å². The second-order valence-corrected chi connectivity index (χ2v) is 6.03. The van der Waals surface area contributed by atoms with Gasteiger partial charge in [0.05, 0.1) is 0 Å². The summed E-state index contributed by atoms with van der Waals surface area (Å²) in [5.41, 5.74) is -0.0544. The zero-order valence-electron chi connectivity index (χ0n) is 12.6. The molecule has 0 spiro atoms. The van der Waals surface area contributed by atoms with Crippen molar-refractivity contribution in [2.75, 3.05) is 7.05 Å². The van der Waals surface area contributed by atoms with Gasteiger partial charge >= 0.3 is 0 Å². The van der Waals surface area contributed by atoms with Crippen LogP contribution in [0, 0.1) is 17.0 Å². The average molecular weight is 298 g/mol. The summed E-state index contributed by atoms with van der Waals surface area (Å²) in [6, 6.07) is 2.05. The summed E-state index contributed by atoms with van der Waals surface area (Å²) in [4.78, 5) is 23.8. The number of hydrogen-bond acceptors (Lipinski definition) is 2. The smallest absolute Gasteiger partial charge is 0.246 e. The Bertz CT molecular complexity index is 539. The quantitative estimate of drug-likeness (QED) is 0.896. The minimum atomic E-state index is -1.06. The van der Waals surface area contributed by atoms with Crippen LogP contribution in [0.25, 0.3) is 0 Å². The van der Waals surface area contributed by atoms with Crippen molar-refractivity contribution in [3.8, 4) is 0 Å². The fourth-order valence-electron chi connectivity index (χ4n) is 1.83. The van der Waals surface area contributed by atoms with Crippen molar-refractivity contribution < 1.29 is 18.4 Å². The van der Waals surface area contributed by atoms with Gasteiger partial charge in [-0.25, -0.2) is 8.78 Å². The monoisotopic (exact) mass is 298 g/mol. The number of amides is 2. The lowest BCUT2D eigenvalue weighted by Crippen LogP contribution is -2.40. The van der Waals surface area contributed by atoms with Gasteiger partial charge in [-0.1, -0.05) is 26.8 Å². The first-order chi connectivity index (χ1) is 9.64. The molecule has 1 aromatic rings. The van der Waals surface area contributed by atoms with Crippen molar-refractivity contribution in [2.24, 2.45) is 5.41 Å². The van der Waals surface area contributed by atoms with Crippen LogP contribution in [0.2, 0.25) is 0 Å². The van der Waals surface area contributed by atoms with E-state index in [2.05, 4.69) is 10.6 Å². The van der Waals surface area contributed by atoms with E-state index in [4.69, 9.17) is 0 Å². The fraction of sp³-hybridized carbons (Fsp3) is 0.467. The first-order valence-corrected chi connectivity index (χ1v) is 6.60. The molecule has 4 nitrogen and oxygen atoms in total. The summed E-state index contributed by atoms with van der Waals surface area (Å²) in [5, 5.41) is 4.94. The van der Waals surface area contributed by atoms with Crippen LogP contribution in [0.1, 0.15) is 38.8 Å². The molecule has 6 heteroatoms. The van der Waals surface area contributed by atoms with Gasteiger partial charge in [-0.15, -0.1) is 0 Å². The molecule has 2 amide bonds. The molecule has 1 atom stereocenters. The predicted octanol–water partition coefficient (Wildman–Crippen LogP) is 2.30. The molecule has 0 saturated carbocycles. The van der Waals surface area contributed by atoms with Crippen molar-refractivity contribution >= 4 is 11.8 Å². The second kappa shape index (κ2) is 6.65. The maximum Gasteiger partial charge on any atom is 0.246 e. The number of halogens is 2. The SMILES string of the molecule is CNC(=O)C(NC(=O)CC(C)(C)C)c1ccc(F)c(F)c1. The largest absolute Gasteiger partial charge is 0.357 e. The highest BCUT2D eigenvalue weighted by Gasteiger charge is 2.25. The molecule has 1 aromatic carbocycles. The Kier molecular flexibility index (Phi) is 5.41. The van der Waals surface area contributed by atoms with Crippen molar-refractivity contribution in [3.63, 3.8) is 0 Å². The van der Waals surface area contributed by atoms with E-state index in [9.17, 15) is 18.4 Å². The number of likely N-dealkylation sites (N-methyl/N-ethyl adjacent to an activating group) is 1. The number of rotatable bonds is 4. The van der Waals surface area contributed by atoms with E-state index in [0.717, 1.165) is 12.1 Å². The van der Waals surface area contributed by atoms with Crippen LogP contribution in [0.15, 0.2) is 18.2 Å². The number of carbonyl (C=O) groups is 2. The van der Waals surface area contributed by atoms with E-state index < -0.39 is 23.6 Å². The second-order valence-electron chi connectivity index (χ2n) is 6.03. The van der Waals surface area contributed by atoms with Crippen LogP contribution in [0.3, 0.4) is 0 Å². The zero-order valence-corrected chi connectivity index (χ0v) is 12.6. The molecule has 0 heterocycles. The van der Waals surface area contributed by atoms with Gasteiger partial charge < -0.3 is 10.6 Å². The zero-order chi connectivity index (χ0) is 16.2. The summed E-state index contributed by atoms with van der Waals surface area (Å²) in [5.74, 6) is -2.90. The molecular weight excluding hydrogens is 278 g/mol. The van der Waals surface area contributed by atoms with Crippen LogP contribution >= 0.6 is 0 Å². The van der Waals surface area contributed by atoms with Gasteiger partial charge in [0.1, 0.15) is 6.04 Å². The summed E-state index contributed by atoms with van der Waals surface area (Å²) < 4.78 is 26.3. The third-order valence-corrected chi connectivity index (χ3v) is 2.78. The number of carbonyl (C=O) groups excluding carboxylic acids is 2. The normalized spacial score (nSPS) is 12.7. The van der Waals surface area contributed by atoms with Crippen LogP contribution in [0.5, 0.6) is 0 Å². The van der Waals surface area contributed by atoms with Crippen LogP contribution in [0.4, 0.5) is 8.78 Å². The van der Waals surface area contributed by atoms with Gasteiger partial charge in [-0.3, -0.25) is 9.59 Å². The maximum absolute atomic E-state index is 13.3. The standard InChI is InChI=1S/C15H20F2N2O2/c1-15(2,3)8-12(20)19-13(14(21)18-4)9-5-6-10(16)11(17)7-9/h5-7,13H,8H2,1-4H3,(H,18,21)(H,19,20). The van der Waals surface area contributed by atoms with Gasteiger partial charge in [0.25, 0.3) is 0 Å². The van der Waals surface area contributed by atoms with Crippen molar-refractivity contribution in [3.05, 3.63) is 35.4 Å². The molecule has 0 aliphatic heterocycles. The fourth-order valence-corrected chi connectivity index (χ4v) is 1.83. The van der Waals surface area contributed by atoms with E-state index >= 15 is 0 Å². The molecular formula is C15H20F2N2O2. The van der Waals surface area contributed by atoms with E-state index in [1.807, 2.05) is 20.8 Å². The summed E-state index contributed by atoms with van der Waals surface area (Å²) >= 11 is 0. The Hall–Kier alpha value is -1.98. The van der Waals surface area contributed by atoms with Crippen LogP contribution in [-0.4, -0.2) is 18.9 Å². The van der Waals surface area contributed by atoms with E-state index in [-0.39, 0.29) is 23.3 Å². The summed E-state index contributed by atoms with van der Waals surface area (Å²) in [6.07, 6.45) is 0.212. The number of benzene rings is 1. The molecule has 1 rings (SSSR count). The molecule has 2 N–H and O–H groups in total. The van der Waals surface area contributed by atoms with Gasteiger partial charge in [0, 0.05) is 13.5 Å². The molecule has 0 fully saturated rings. The van der Waals surface area contributed by atoms with E-state index in [1.165, 1.54) is 13.1 Å². The Morgan fingerprint density at radius 3 is 2.29 bits per heavy atom. The molecule has 21 heavy (non-hydrogen) atoms. The molecule has 0 saturated heterocycles. The third kappa shape index (κ3) is 5.13. The third-order valence-electron chi connectivity index (χ3n) is 2.78. The summed E-state index contributed by atoms with van der Waals surface area (Å²) in [7, 11) is 1.41. The Labute approximate surface area is 122 Å². The lowest BCUT2D eigenvalue weighted by Gasteiger charge is -2.22. The molecule has 116 valence electrons. The predicted molar refractivity (Wildman–Crippen MR) is 75.4 cm³/mol. The van der Waals surface area contributed by atoms with Gasteiger partial charge in [0.15, 0.2) is 11.6 Å². The molecule has 0 aliphatic rings. The number of nitrogens with one attached hydrogen (secondary N) is 2. The first kappa shape index (κ1) is 17.1. The first-order valence-electron chi connectivity index (χ1n) is 6.60. The van der Waals surface area contributed by atoms with Gasteiger partial charge in [-0.05, 0) is 23.1 Å². The maximum atomic E-state index is 13.3. The average Bonchev–Trinajstić information content (AvgIpc) is 2.36. The van der Waals surface area contributed by atoms with Crippen LogP contribution in [-0.2, 0) is 9.59 Å². The minimum absolute atomic E-state index is 0.190. The van der Waals surface area contributed by atoms with Gasteiger partial charge in [0.2, 0.25) is 11.8 Å². The molecule has 0 aromatic heterocycles. The Morgan fingerprint density at radius 2 is 1.81 bits per heavy atom. The minimum Gasteiger partial charge on any atom is -0.357 e. The topological polar surface area (TPSA) is 58.2 Å². The molecule has 0 aliphatic carbocycles. The van der Waals surface area contributed by atoms with Crippen LogP contribution < -0.4 is 10.6 Å². The van der Waals surface area contributed by atoms with Crippen molar-refractivity contribution in [1.29, 1.82) is 0 Å². The Balaban J connectivity index is 2.98. The summed E-state index contributed by atoms with van der Waals surface area (Å²) in [6.45, 7) is 5.66. The van der Waals surface area contributed by atoms with Crippen molar-refractivity contribution in [1.82, 2.24) is 10.6 Å². The lowest BCUT2D eigenvalue weighted by molar-refractivity contribution is -0.129. The van der Waals surface area contributed by atoms with E-state index in [1.54, 1.807) is 0 Å². The number of hydrogen-bond donors (Lipinski definition) is 2. The molecule has 1 unspecified atom stereocenters.